The average molecular weight is 309 g/mol. The fourth-order valence-corrected chi connectivity index (χ4v) is 3.56. The van der Waals surface area contributed by atoms with Crippen LogP contribution in [0.2, 0.25) is 0 Å². The van der Waals surface area contributed by atoms with Gasteiger partial charge in [-0.05, 0) is 50.0 Å². The molecule has 0 saturated heterocycles. The van der Waals surface area contributed by atoms with Crippen molar-refractivity contribution in [2.24, 2.45) is 0 Å². The summed E-state index contributed by atoms with van der Waals surface area (Å²) in [6.07, 6.45) is 5.63. The van der Waals surface area contributed by atoms with E-state index in [9.17, 15) is 5.11 Å². The summed E-state index contributed by atoms with van der Waals surface area (Å²) in [7, 11) is 1.72. The molecule has 1 fully saturated rings. The minimum atomic E-state index is -0.0809. The number of aliphatic hydroxyl groups is 1. The molecule has 0 radical (unpaired) electrons. The molecule has 0 heterocycles. The van der Waals surface area contributed by atoms with E-state index in [-0.39, 0.29) is 12.1 Å². The van der Waals surface area contributed by atoms with E-state index >= 15 is 0 Å². The van der Waals surface area contributed by atoms with Gasteiger partial charge in [0.1, 0.15) is 5.75 Å². The van der Waals surface area contributed by atoms with Crippen LogP contribution in [0.15, 0.2) is 29.2 Å². The highest BCUT2D eigenvalue weighted by atomic mass is 32.2. The standard InChI is InChI=1S/C17H27NO2S/c1-3-17(13-19,18-14-9-10-14)11-6-12-21-16-8-5-4-7-15(16)20-2/h4-5,7-8,14,18-19H,3,6,9-13H2,1-2H3. The third kappa shape index (κ3) is 4.90. The number of thioether (sulfide) groups is 1. The van der Waals surface area contributed by atoms with Gasteiger partial charge in [0.2, 0.25) is 0 Å². The molecule has 0 amide bonds. The Morgan fingerprint density at radius 3 is 2.76 bits per heavy atom. The molecule has 2 rings (SSSR count). The molecule has 1 saturated carbocycles. The third-order valence-corrected chi connectivity index (χ3v) is 5.33. The zero-order valence-electron chi connectivity index (χ0n) is 13.1. The Morgan fingerprint density at radius 2 is 2.14 bits per heavy atom. The minimum Gasteiger partial charge on any atom is -0.496 e. The van der Waals surface area contributed by atoms with Gasteiger partial charge in [0.15, 0.2) is 0 Å². The van der Waals surface area contributed by atoms with Gasteiger partial charge < -0.3 is 15.2 Å². The molecular weight excluding hydrogens is 282 g/mol. The Hall–Kier alpha value is -0.710. The lowest BCUT2D eigenvalue weighted by atomic mass is 9.91. The molecule has 1 aliphatic rings. The molecule has 4 heteroatoms. The number of ether oxygens (including phenoxy) is 1. The maximum atomic E-state index is 9.76. The van der Waals surface area contributed by atoms with E-state index < -0.39 is 0 Å². The van der Waals surface area contributed by atoms with Crippen LogP contribution in [0.5, 0.6) is 5.75 Å². The zero-order valence-corrected chi connectivity index (χ0v) is 13.9. The van der Waals surface area contributed by atoms with Gasteiger partial charge in [-0.15, -0.1) is 11.8 Å². The van der Waals surface area contributed by atoms with Gasteiger partial charge in [0.05, 0.1) is 13.7 Å². The van der Waals surface area contributed by atoms with E-state index in [1.165, 1.54) is 17.7 Å². The number of rotatable bonds is 10. The Bertz CT molecular complexity index is 431. The molecule has 0 bridgehead atoms. The van der Waals surface area contributed by atoms with Gasteiger partial charge in [0.25, 0.3) is 0 Å². The second-order valence-electron chi connectivity index (χ2n) is 5.81. The Kier molecular flexibility index (Phi) is 6.40. The van der Waals surface area contributed by atoms with Crippen molar-refractivity contribution in [2.75, 3.05) is 19.5 Å². The monoisotopic (exact) mass is 309 g/mol. The first-order valence-corrected chi connectivity index (χ1v) is 8.86. The Labute approximate surface area is 132 Å². The molecule has 1 unspecified atom stereocenters. The number of benzene rings is 1. The van der Waals surface area contributed by atoms with Crippen LogP contribution >= 0.6 is 11.8 Å². The summed E-state index contributed by atoms with van der Waals surface area (Å²) in [5.74, 6) is 2.00. The fraction of sp³-hybridized carbons (Fsp3) is 0.647. The van der Waals surface area contributed by atoms with Gasteiger partial charge in [-0.1, -0.05) is 19.1 Å². The summed E-state index contributed by atoms with van der Waals surface area (Å²) < 4.78 is 5.37. The van der Waals surface area contributed by atoms with Crippen molar-refractivity contribution in [1.82, 2.24) is 5.32 Å². The third-order valence-electron chi connectivity index (χ3n) is 4.19. The van der Waals surface area contributed by atoms with Crippen molar-refractivity contribution in [3.05, 3.63) is 24.3 Å². The first-order chi connectivity index (χ1) is 10.2. The lowest BCUT2D eigenvalue weighted by Crippen LogP contribution is -2.49. The number of hydrogen-bond acceptors (Lipinski definition) is 4. The number of para-hydroxylation sites is 1. The van der Waals surface area contributed by atoms with Crippen LogP contribution in [0.25, 0.3) is 0 Å². The van der Waals surface area contributed by atoms with Gasteiger partial charge in [-0.25, -0.2) is 0 Å². The Morgan fingerprint density at radius 1 is 1.38 bits per heavy atom. The van der Waals surface area contributed by atoms with E-state index in [4.69, 9.17) is 4.74 Å². The summed E-state index contributed by atoms with van der Waals surface area (Å²) in [5.41, 5.74) is -0.0809. The van der Waals surface area contributed by atoms with Gasteiger partial charge >= 0.3 is 0 Å². The summed E-state index contributed by atoms with van der Waals surface area (Å²) in [4.78, 5) is 1.20. The van der Waals surface area contributed by atoms with Crippen molar-refractivity contribution in [2.45, 2.75) is 55.5 Å². The second kappa shape index (κ2) is 8.06. The Balaban J connectivity index is 1.79. The summed E-state index contributed by atoms with van der Waals surface area (Å²) in [6.45, 7) is 2.40. The molecule has 3 nitrogen and oxygen atoms in total. The molecule has 1 aliphatic carbocycles. The highest BCUT2D eigenvalue weighted by molar-refractivity contribution is 7.99. The molecule has 2 N–H and O–H groups in total. The highest BCUT2D eigenvalue weighted by Gasteiger charge is 2.33. The molecule has 21 heavy (non-hydrogen) atoms. The number of aliphatic hydroxyl groups excluding tert-OH is 1. The topological polar surface area (TPSA) is 41.5 Å². The van der Waals surface area contributed by atoms with Crippen molar-refractivity contribution < 1.29 is 9.84 Å². The summed E-state index contributed by atoms with van der Waals surface area (Å²) >= 11 is 1.83. The second-order valence-corrected chi connectivity index (χ2v) is 6.95. The molecule has 1 atom stereocenters. The van der Waals surface area contributed by atoms with E-state index in [2.05, 4.69) is 18.3 Å². The van der Waals surface area contributed by atoms with Gasteiger partial charge in [0, 0.05) is 16.5 Å². The molecule has 0 aromatic heterocycles. The summed E-state index contributed by atoms with van der Waals surface area (Å²) in [6, 6.07) is 8.78. The molecule has 0 spiro atoms. The van der Waals surface area contributed by atoms with Crippen LogP contribution in [0.3, 0.4) is 0 Å². The van der Waals surface area contributed by atoms with Crippen molar-refractivity contribution >= 4 is 11.8 Å². The summed E-state index contributed by atoms with van der Waals surface area (Å²) in [5, 5.41) is 13.4. The van der Waals surface area contributed by atoms with E-state index in [1.807, 2.05) is 30.0 Å². The molecule has 1 aromatic carbocycles. The van der Waals surface area contributed by atoms with Crippen LogP contribution < -0.4 is 10.1 Å². The van der Waals surface area contributed by atoms with Crippen molar-refractivity contribution in [1.29, 1.82) is 0 Å². The average Bonchev–Trinajstić information content (AvgIpc) is 3.34. The maximum Gasteiger partial charge on any atom is 0.132 e. The zero-order chi connectivity index (χ0) is 15.1. The number of methoxy groups -OCH3 is 1. The molecular formula is C17H27NO2S. The predicted molar refractivity (Wildman–Crippen MR) is 89.2 cm³/mol. The minimum absolute atomic E-state index is 0.0809. The van der Waals surface area contributed by atoms with Crippen LogP contribution in [0.1, 0.15) is 39.0 Å². The first-order valence-electron chi connectivity index (χ1n) is 7.87. The molecule has 118 valence electrons. The van der Waals surface area contributed by atoms with Crippen molar-refractivity contribution in [3.8, 4) is 5.75 Å². The van der Waals surface area contributed by atoms with Crippen LogP contribution in [0.4, 0.5) is 0 Å². The quantitative estimate of drug-likeness (QED) is 0.513. The van der Waals surface area contributed by atoms with E-state index in [0.717, 1.165) is 30.8 Å². The molecule has 1 aromatic rings. The normalized spacial score (nSPS) is 17.5. The molecule has 0 aliphatic heterocycles. The van der Waals surface area contributed by atoms with E-state index in [0.29, 0.717) is 6.04 Å². The largest absolute Gasteiger partial charge is 0.496 e. The lowest BCUT2D eigenvalue weighted by molar-refractivity contribution is 0.144. The first kappa shape index (κ1) is 16.7. The number of nitrogens with one attached hydrogen (secondary N) is 1. The van der Waals surface area contributed by atoms with Crippen LogP contribution in [-0.2, 0) is 0 Å². The van der Waals surface area contributed by atoms with Crippen LogP contribution in [-0.4, -0.2) is 36.2 Å². The fourth-order valence-electron chi connectivity index (χ4n) is 2.58. The predicted octanol–water partition coefficient (Wildman–Crippen LogP) is 3.46. The van der Waals surface area contributed by atoms with E-state index in [1.54, 1.807) is 7.11 Å². The van der Waals surface area contributed by atoms with Crippen LogP contribution in [0, 0.1) is 0 Å². The maximum absolute atomic E-state index is 9.76. The van der Waals surface area contributed by atoms with Crippen molar-refractivity contribution in [3.63, 3.8) is 0 Å². The van der Waals surface area contributed by atoms with Gasteiger partial charge in [-0.2, -0.15) is 0 Å². The number of hydrogen-bond donors (Lipinski definition) is 2. The smallest absolute Gasteiger partial charge is 0.132 e. The highest BCUT2D eigenvalue weighted by Crippen LogP contribution is 2.31. The SMILES string of the molecule is CCC(CO)(CCCSc1ccccc1OC)NC1CC1. The lowest BCUT2D eigenvalue weighted by Gasteiger charge is -2.32. The van der Waals surface area contributed by atoms with Gasteiger partial charge in [-0.3, -0.25) is 0 Å².